The first-order chi connectivity index (χ1) is 7.92. The minimum atomic E-state index is 0.374. The summed E-state index contributed by atoms with van der Waals surface area (Å²) in [5.74, 6) is 0.962. The van der Waals surface area contributed by atoms with E-state index in [0.717, 1.165) is 12.3 Å². The molecule has 1 fully saturated rings. The van der Waals surface area contributed by atoms with Crippen molar-refractivity contribution in [2.75, 3.05) is 13.1 Å². The van der Waals surface area contributed by atoms with Gasteiger partial charge < -0.3 is 4.90 Å². The number of rotatable bonds is 3. The van der Waals surface area contributed by atoms with Crippen LogP contribution in [0.2, 0.25) is 0 Å². The fourth-order valence-electron chi connectivity index (χ4n) is 2.38. The van der Waals surface area contributed by atoms with Crippen molar-refractivity contribution in [2.45, 2.75) is 67.2 Å². The summed E-state index contributed by atoms with van der Waals surface area (Å²) >= 11 is 0. The Morgan fingerprint density at radius 3 is 2.00 bits per heavy atom. The zero-order valence-corrected chi connectivity index (χ0v) is 13.0. The number of allylic oxidation sites excluding steroid dienone is 1. The van der Waals surface area contributed by atoms with Gasteiger partial charge in [-0.3, -0.25) is 0 Å². The zero-order valence-electron chi connectivity index (χ0n) is 13.0. The quantitative estimate of drug-likeness (QED) is 0.663. The lowest BCUT2D eigenvalue weighted by Crippen LogP contribution is -2.33. The Kier molecular flexibility index (Phi) is 7.58. The summed E-state index contributed by atoms with van der Waals surface area (Å²) in [6.45, 7) is 19.9. The number of nitrogens with zero attached hydrogens (tertiary/aromatic N) is 1. The van der Waals surface area contributed by atoms with Crippen molar-refractivity contribution in [3.8, 4) is 0 Å². The standard InChI is InChI=1S/C14H27N.C2H6/c1-6-13-7-9-15(10-8-13)12(2)11-14(3,4)5;1-2/h13H,2,6-11H2,1,3-5H3;1-2H3. The molecule has 0 aromatic rings. The lowest BCUT2D eigenvalue weighted by atomic mass is 9.89. The molecule has 17 heavy (non-hydrogen) atoms. The molecule has 0 unspecified atom stereocenters. The van der Waals surface area contributed by atoms with Gasteiger partial charge in [-0.05, 0) is 30.6 Å². The van der Waals surface area contributed by atoms with E-state index in [1.807, 2.05) is 13.8 Å². The summed E-state index contributed by atoms with van der Waals surface area (Å²) in [7, 11) is 0. The molecule has 0 aromatic heterocycles. The monoisotopic (exact) mass is 239 g/mol. The van der Waals surface area contributed by atoms with Crippen molar-refractivity contribution >= 4 is 0 Å². The van der Waals surface area contributed by atoms with Crippen molar-refractivity contribution in [3.05, 3.63) is 12.3 Å². The van der Waals surface area contributed by atoms with E-state index in [9.17, 15) is 0 Å². The van der Waals surface area contributed by atoms with Crippen molar-refractivity contribution < 1.29 is 0 Å². The second-order valence-corrected chi connectivity index (χ2v) is 6.14. The van der Waals surface area contributed by atoms with Crippen LogP contribution in [0.15, 0.2) is 12.3 Å². The fourth-order valence-corrected chi connectivity index (χ4v) is 2.38. The molecule has 0 spiro atoms. The van der Waals surface area contributed by atoms with Gasteiger partial charge in [0.1, 0.15) is 0 Å². The van der Waals surface area contributed by atoms with Crippen LogP contribution in [0.5, 0.6) is 0 Å². The molecule has 0 amide bonds. The number of hydrogen-bond acceptors (Lipinski definition) is 1. The summed E-state index contributed by atoms with van der Waals surface area (Å²) in [6.07, 6.45) is 5.20. The molecule has 1 nitrogen and oxygen atoms in total. The molecule has 1 rings (SSSR count). The average Bonchev–Trinajstić information content (AvgIpc) is 2.29. The van der Waals surface area contributed by atoms with Gasteiger partial charge in [-0.25, -0.2) is 0 Å². The maximum absolute atomic E-state index is 4.24. The molecule has 0 radical (unpaired) electrons. The van der Waals surface area contributed by atoms with E-state index in [4.69, 9.17) is 0 Å². The Hall–Kier alpha value is -0.460. The van der Waals surface area contributed by atoms with Gasteiger partial charge in [0.05, 0.1) is 0 Å². The first-order valence-corrected chi connectivity index (χ1v) is 7.35. The molecule has 1 heterocycles. The lowest BCUT2D eigenvalue weighted by Gasteiger charge is -2.36. The third kappa shape index (κ3) is 6.75. The van der Waals surface area contributed by atoms with Crippen molar-refractivity contribution in [1.82, 2.24) is 4.90 Å². The molecular weight excluding hydrogens is 206 g/mol. The van der Waals surface area contributed by atoms with Crippen LogP contribution in [0.4, 0.5) is 0 Å². The highest BCUT2D eigenvalue weighted by Crippen LogP contribution is 2.28. The predicted molar refractivity (Wildman–Crippen MR) is 79.1 cm³/mol. The van der Waals surface area contributed by atoms with Gasteiger partial charge >= 0.3 is 0 Å². The fraction of sp³-hybridized carbons (Fsp3) is 0.875. The first kappa shape index (κ1) is 16.5. The molecule has 0 aliphatic carbocycles. The van der Waals surface area contributed by atoms with Crippen LogP contribution < -0.4 is 0 Å². The molecule has 0 bridgehead atoms. The normalized spacial score (nSPS) is 17.4. The Morgan fingerprint density at radius 1 is 1.18 bits per heavy atom. The lowest BCUT2D eigenvalue weighted by molar-refractivity contribution is 0.205. The summed E-state index contributed by atoms with van der Waals surface area (Å²) in [6, 6.07) is 0. The second-order valence-electron chi connectivity index (χ2n) is 6.14. The Morgan fingerprint density at radius 2 is 1.65 bits per heavy atom. The predicted octanol–water partition coefficient (Wildman–Crippen LogP) is 5.08. The van der Waals surface area contributed by atoms with Crippen LogP contribution in [-0.4, -0.2) is 18.0 Å². The molecule has 1 heteroatoms. The van der Waals surface area contributed by atoms with Crippen LogP contribution in [0, 0.1) is 11.3 Å². The molecule has 0 atom stereocenters. The van der Waals surface area contributed by atoms with Crippen LogP contribution in [0.3, 0.4) is 0 Å². The molecular formula is C16H33N. The summed E-state index contributed by atoms with van der Waals surface area (Å²) in [4.78, 5) is 2.50. The smallest absolute Gasteiger partial charge is 0.0177 e. The van der Waals surface area contributed by atoms with E-state index in [1.54, 1.807) is 0 Å². The van der Waals surface area contributed by atoms with Crippen LogP contribution >= 0.6 is 0 Å². The van der Waals surface area contributed by atoms with E-state index in [-0.39, 0.29) is 0 Å². The minimum absolute atomic E-state index is 0.374. The van der Waals surface area contributed by atoms with Gasteiger partial charge in [-0.1, -0.05) is 54.5 Å². The van der Waals surface area contributed by atoms with Crippen molar-refractivity contribution in [1.29, 1.82) is 0 Å². The third-order valence-electron chi connectivity index (χ3n) is 3.37. The minimum Gasteiger partial charge on any atom is -0.375 e. The maximum Gasteiger partial charge on any atom is 0.0177 e. The zero-order chi connectivity index (χ0) is 13.5. The maximum atomic E-state index is 4.24. The second kappa shape index (κ2) is 7.79. The number of likely N-dealkylation sites (tertiary alicyclic amines) is 1. The third-order valence-corrected chi connectivity index (χ3v) is 3.37. The Balaban J connectivity index is 0.00000121. The van der Waals surface area contributed by atoms with Gasteiger partial charge in [0.25, 0.3) is 0 Å². The highest BCUT2D eigenvalue weighted by Gasteiger charge is 2.21. The van der Waals surface area contributed by atoms with Gasteiger partial charge in [-0.15, -0.1) is 0 Å². The van der Waals surface area contributed by atoms with Crippen LogP contribution in [-0.2, 0) is 0 Å². The van der Waals surface area contributed by atoms with Crippen molar-refractivity contribution in [2.24, 2.45) is 11.3 Å². The van der Waals surface area contributed by atoms with Gasteiger partial charge in [0.15, 0.2) is 0 Å². The number of piperidine rings is 1. The summed E-state index contributed by atoms with van der Waals surface area (Å²) in [5.41, 5.74) is 1.72. The summed E-state index contributed by atoms with van der Waals surface area (Å²) in [5, 5.41) is 0. The average molecular weight is 239 g/mol. The molecule has 102 valence electrons. The Labute approximate surface area is 109 Å². The molecule has 0 N–H and O–H groups in total. The Bertz CT molecular complexity index is 204. The largest absolute Gasteiger partial charge is 0.375 e. The SMILES string of the molecule is C=C(CC(C)(C)C)N1CCC(CC)CC1.CC. The summed E-state index contributed by atoms with van der Waals surface area (Å²) < 4.78 is 0. The molecule has 0 saturated carbocycles. The highest BCUT2D eigenvalue weighted by molar-refractivity contribution is 4.98. The molecule has 1 aliphatic rings. The van der Waals surface area contributed by atoms with E-state index < -0.39 is 0 Å². The molecule has 0 aromatic carbocycles. The number of hydrogen-bond donors (Lipinski definition) is 0. The van der Waals surface area contributed by atoms with E-state index in [2.05, 4.69) is 39.2 Å². The highest BCUT2D eigenvalue weighted by atomic mass is 15.1. The molecule has 1 aliphatic heterocycles. The van der Waals surface area contributed by atoms with Crippen molar-refractivity contribution in [3.63, 3.8) is 0 Å². The van der Waals surface area contributed by atoms with Gasteiger partial charge in [0.2, 0.25) is 0 Å². The topological polar surface area (TPSA) is 3.24 Å². The van der Waals surface area contributed by atoms with Crippen LogP contribution in [0.25, 0.3) is 0 Å². The van der Waals surface area contributed by atoms with E-state index in [0.29, 0.717) is 5.41 Å². The first-order valence-electron chi connectivity index (χ1n) is 7.35. The van der Waals surface area contributed by atoms with Crippen LogP contribution in [0.1, 0.15) is 67.2 Å². The van der Waals surface area contributed by atoms with E-state index >= 15 is 0 Å². The van der Waals surface area contributed by atoms with E-state index in [1.165, 1.54) is 38.0 Å². The van der Waals surface area contributed by atoms with Gasteiger partial charge in [0, 0.05) is 18.8 Å². The molecule has 1 saturated heterocycles. The van der Waals surface area contributed by atoms with Gasteiger partial charge in [-0.2, -0.15) is 0 Å².